The Balaban J connectivity index is 0.000000231. The van der Waals surface area contributed by atoms with Crippen LogP contribution in [0.25, 0.3) is 0 Å². The van der Waals surface area contributed by atoms with Crippen LogP contribution in [0.4, 0.5) is 0 Å². The van der Waals surface area contributed by atoms with Crippen LogP contribution in [0, 0.1) is 0 Å². The zero-order chi connectivity index (χ0) is 41.2. The Bertz CT molecular complexity index is 1570. The van der Waals surface area contributed by atoms with Gasteiger partial charge in [0, 0.05) is 0 Å². The van der Waals surface area contributed by atoms with E-state index in [0.29, 0.717) is 12.7 Å². The summed E-state index contributed by atoms with van der Waals surface area (Å²) in [6.45, 7) is 17.8. The number of epoxide rings is 2. The second kappa shape index (κ2) is 17.9. The molecule has 5 rings (SSSR count). The molecule has 54 heavy (non-hydrogen) atoms. The number of nitrogens with one attached hydrogen (secondary N) is 1. The number of aliphatic hydroxyl groups is 3. The van der Waals surface area contributed by atoms with Gasteiger partial charge in [-0.05, 0) is 89.2 Å². The lowest BCUT2D eigenvalue weighted by atomic mass is 9.91. The summed E-state index contributed by atoms with van der Waals surface area (Å²) in [5.41, 5.74) is -3.35. The van der Waals surface area contributed by atoms with Crippen LogP contribution in [0.5, 0.6) is 0 Å². The molecule has 19 heteroatoms. The van der Waals surface area contributed by atoms with Crippen molar-refractivity contribution in [3.05, 3.63) is 24.3 Å². The highest BCUT2D eigenvalue weighted by Gasteiger charge is 2.62. The molecule has 0 aromatic carbocycles. The lowest BCUT2D eigenvalue weighted by Crippen LogP contribution is -2.52. The molecule has 2 amide bonds. The van der Waals surface area contributed by atoms with Gasteiger partial charge in [-0.2, -0.15) is 0 Å². The van der Waals surface area contributed by atoms with Crippen LogP contribution in [-0.4, -0.2) is 138 Å². The van der Waals surface area contributed by atoms with E-state index >= 15 is 0 Å². The number of ketones is 1. The van der Waals surface area contributed by atoms with Crippen LogP contribution in [0.2, 0.25) is 18.1 Å². The fourth-order valence-corrected chi connectivity index (χ4v) is 9.64. The molecule has 6 unspecified atom stereocenters. The predicted molar refractivity (Wildman–Crippen MR) is 206 cm³/mol. The monoisotopic (exact) mass is 840 g/mol. The highest BCUT2D eigenvalue weighted by Crippen LogP contribution is 2.45. The molecule has 308 valence electrons. The number of hydrogen-bond acceptors (Lipinski definition) is 13. The molecule has 5 saturated heterocycles. The van der Waals surface area contributed by atoms with Crippen LogP contribution in [0.3, 0.4) is 0 Å². The third-order valence-corrected chi connectivity index (χ3v) is 17.2. The first-order valence-corrected chi connectivity index (χ1v) is 24.5. The van der Waals surface area contributed by atoms with E-state index < -0.39 is 82.0 Å². The van der Waals surface area contributed by atoms with Gasteiger partial charge in [0.05, 0.1) is 43.6 Å². The molecule has 0 radical (unpaired) electrons. The van der Waals surface area contributed by atoms with Gasteiger partial charge in [0.2, 0.25) is 16.8 Å². The maximum atomic E-state index is 12.8. The smallest absolute Gasteiger partial charge is 0.263 e. The Hall–Kier alpha value is -1.63. The van der Waals surface area contributed by atoms with E-state index in [1.807, 2.05) is 15.4 Å². The van der Waals surface area contributed by atoms with Crippen molar-refractivity contribution in [1.29, 1.82) is 0 Å². The maximum absolute atomic E-state index is 12.8. The largest absolute Gasteiger partial charge is 0.410 e. The van der Waals surface area contributed by atoms with Crippen molar-refractivity contribution >= 4 is 60.7 Å². The average Bonchev–Trinajstić information content (AvgIpc) is 3.91. The topological polar surface area (TPSA) is 222 Å². The predicted octanol–water partition coefficient (Wildman–Crippen LogP) is 2.06. The van der Waals surface area contributed by atoms with Crippen molar-refractivity contribution in [1.82, 2.24) is 10.2 Å². The van der Waals surface area contributed by atoms with Crippen LogP contribution in [0.15, 0.2) is 24.3 Å². The average molecular weight is 841 g/mol. The summed E-state index contributed by atoms with van der Waals surface area (Å²) in [6, 6.07) is -1.40. The molecule has 0 spiro atoms. The van der Waals surface area contributed by atoms with Gasteiger partial charge in [0.15, 0.2) is 28.8 Å². The zero-order valence-electron chi connectivity index (χ0n) is 32.5. The standard InChI is InChI=1S/C14H28NO5PSSi.C13H19NO6.C8H11ClO2/c1-13(2,3)23(6,7)20-10-9-8-19-14(4,5)15(9)12(16)11(10)22(17,18)21;1-2-3-8-9(20-8)4-5-10(16)13(19)11(17)7(6-15)14-12(13)18;1-2-3-6-7(11-6)4-5-8(9)10/h9-11H,8,21H2,1-7H3;4-5,7-9,11,15,17,19H,2-3,6H2,1H3,(H,14,18);4-7H,2-3H2,1H3/b;2*5-4+/t9-,10-,11?;7-,8?,9?,11-,13+;/m00./s1. The molecule has 0 aromatic heterocycles. The molecular weight excluding hydrogens is 783 g/mol. The summed E-state index contributed by atoms with van der Waals surface area (Å²) in [5.74, 6) is -2.33. The molecular formula is C35H58ClN2O13PSSi. The van der Waals surface area contributed by atoms with E-state index in [2.05, 4.69) is 46.1 Å². The van der Waals surface area contributed by atoms with Crippen molar-refractivity contribution in [2.75, 3.05) is 13.2 Å². The molecule has 0 bridgehead atoms. The molecule has 5 fully saturated rings. The number of aliphatic hydroxyl groups excluding tert-OH is 2. The van der Waals surface area contributed by atoms with E-state index in [-0.39, 0.29) is 29.4 Å². The Morgan fingerprint density at radius 3 is 2.02 bits per heavy atom. The first-order valence-electron chi connectivity index (χ1n) is 18.2. The highest BCUT2D eigenvalue weighted by molar-refractivity contribution is 8.38. The quantitative estimate of drug-likeness (QED) is 0.0522. The summed E-state index contributed by atoms with van der Waals surface area (Å²) in [4.78, 5) is 48.2. The third-order valence-electron chi connectivity index (χ3n) is 10.6. The number of rotatable bonds is 13. The Kier molecular flexibility index (Phi) is 15.5. The van der Waals surface area contributed by atoms with Gasteiger partial charge in [-0.25, -0.2) is 8.42 Å². The van der Waals surface area contributed by atoms with Crippen LogP contribution >= 0.6 is 20.0 Å². The summed E-state index contributed by atoms with van der Waals surface area (Å²) < 4.78 is 47.1. The van der Waals surface area contributed by atoms with Crippen LogP contribution < -0.4 is 5.32 Å². The Labute approximate surface area is 326 Å². The first-order chi connectivity index (χ1) is 24.8. The van der Waals surface area contributed by atoms with E-state index in [1.165, 1.54) is 12.2 Å². The van der Waals surface area contributed by atoms with Crippen molar-refractivity contribution < 1.29 is 61.6 Å². The van der Waals surface area contributed by atoms with E-state index in [9.17, 15) is 37.8 Å². The van der Waals surface area contributed by atoms with Crippen molar-refractivity contribution in [3.63, 3.8) is 0 Å². The van der Waals surface area contributed by atoms with E-state index in [0.717, 1.165) is 31.8 Å². The fourth-order valence-electron chi connectivity index (χ4n) is 6.32. The number of fused-ring (bicyclic) bond motifs is 1. The normalized spacial score (nSPS) is 34.3. The lowest BCUT2D eigenvalue weighted by Gasteiger charge is -2.40. The van der Waals surface area contributed by atoms with Gasteiger partial charge in [-0.3, -0.25) is 19.2 Å². The molecule has 15 nitrogen and oxygen atoms in total. The maximum Gasteiger partial charge on any atom is 0.263 e. The van der Waals surface area contributed by atoms with Crippen molar-refractivity contribution in [3.8, 4) is 0 Å². The summed E-state index contributed by atoms with van der Waals surface area (Å²) >= 11 is 5.09. The number of carbonyl (C=O) groups is 4. The van der Waals surface area contributed by atoms with Gasteiger partial charge in [0.1, 0.15) is 24.0 Å². The van der Waals surface area contributed by atoms with E-state index in [4.69, 9.17) is 35.3 Å². The SMILES string of the molecule is CC1(C)OC[C@H]2[C@H](O[Si](C)(C)C(C)(C)C)C(S(=O)(=O)P)C(=O)N21.CCCC1OC1/C=C/C(=O)Cl.CCCC1OC1/C=C/C(=O)[C@]1(O)C(=O)N[C@@H](CO)[C@@H]1O. The number of allylic oxidation sites excluding steroid dienone is 1. The van der Waals surface area contributed by atoms with Gasteiger partial charge in [-0.1, -0.05) is 47.5 Å². The Morgan fingerprint density at radius 2 is 1.59 bits per heavy atom. The zero-order valence-corrected chi connectivity index (χ0v) is 36.2. The van der Waals surface area contributed by atoms with Crippen LogP contribution in [0.1, 0.15) is 74.1 Å². The van der Waals surface area contributed by atoms with Crippen LogP contribution in [-0.2, 0) is 47.3 Å². The molecule has 5 heterocycles. The minimum Gasteiger partial charge on any atom is -0.410 e. The minimum atomic E-state index is -3.64. The number of amides is 2. The molecule has 0 saturated carbocycles. The second-order valence-corrected chi connectivity index (χ2v) is 24.9. The van der Waals surface area contributed by atoms with Gasteiger partial charge < -0.3 is 44.2 Å². The fraction of sp³-hybridized carbons (Fsp3) is 0.771. The third kappa shape index (κ3) is 10.8. The molecule has 0 aliphatic carbocycles. The first kappa shape index (κ1) is 46.7. The Morgan fingerprint density at radius 1 is 1.07 bits per heavy atom. The number of nitrogens with zero attached hydrogens (tertiary/aromatic N) is 1. The number of ether oxygens (including phenoxy) is 3. The molecule has 11 atom stereocenters. The lowest BCUT2D eigenvalue weighted by molar-refractivity contribution is -0.154. The number of carbonyl (C=O) groups excluding carboxylic acids is 4. The van der Waals surface area contributed by atoms with Gasteiger partial charge in [0.25, 0.3) is 5.91 Å². The highest BCUT2D eigenvalue weighted by atomic mass is 35.5. The summed E-state index contributed by atoms with van der Waals surface area (Å²) in [5, 5.41) is 29.3. The molecule has 4 N–H and O–H groups in total. The molecule has 5 aliphatic heterocycles. The van der Waals surface area contributed by atoms with Crippen molar-refractivity contribution in [2.45, 2.75) is 158 Å². The second-order valence-electron chi connectivity index (χ2n) is 16.1. The van der Waals surface area contributed by atoms with E-state index in [1.54, 1.807) is 24.8 Å². The molecule has 5 aliphatic rings. The van der Waals surface area contributed by atoms with Crippen molar-refractivity contribution in [2.24, 2.45) is 0 Å². The minimum absolute atomic E-state index is 0.0752. The number of halogens is 1. The summed E-state index contributed by atoms with van der Waals surface area (Å²) in [7, 11) is -4.05. The van der Waals surface area contributed by atoms with Gasteiger partial charge >= 0.3 is 0 Å². The van der Waals surface area contributed by atoms with Gasteiger partial charge in [-0.15, -0.1) is 0 Å². The molecule has 0 aromatic rings. The summed E-state index contributed by atoms with van der Waals surface area (Å²) in [6.07, 6.45) is 7.61. The number of hydrogen-bond donors (Lipinski definition) is 4.